The summed E-state index contributed by atoms with van der Waals surface area (Å²) in [6.45, 7) is 4.26. The molecule has 1 saturated carbocycles. The van der Waals surface area contributed by atoms with Gasteiger partial charge in [0, 0.05) is 0 Å². The Hall–Kier alpha value is -1.23. The molecule has 1 aliphatic carbocycles. The molecule has 0 atom stereocenters. The lowest BCUT2D eigenvalue weighted by Crippen LogP contribution is -2.47. The largest absolute Gasteiger partial charge is 0.460 e. The molecule has 1 aromatic heterocycles. The normalized spacial score (nSPS) is 19.0. The van der Waals surface area contributed by atoms with Crippen molar-refractivity contribution in [3.8, 4) is 6.01 Å². The third-order valence-corrected chi connectivity index (χ3v) is 3.41. The number of nitrogens with zero attached hydrogens (tertiary/aromatic N) is 3. The minimum absolute atomic E-state index is 0.208. The fraction of sp³-hybridized carbons (Fsp3) is 0.750. The van der Waals surface area contributed by atoms with Crippen LogP contribution in [0.2, 0.25) is 0 Å². The van der Waals surface area contributed by atoms with Crippen LogP contribution in [0, 0.1) is 13.8 Å². The molecule has 1 heterocycles. The maximum absolute atomic E-state index is 6.27. The van der Waals surface area contributed by atoms with Gasteiger partial charge in [0.15, 0.2) is 0 Å². The van der Waals surface area contributed by atoms with E-state index in [0.717, 1.165) is 24.2 Å². The summed E-state index contributed by atoms with van der Waals surface area (Å²) < 4.78 is 5.57. The van der Waals surface area contributed by atoms with Gasteiger partial charge < -0.3 is 10.5 Å². The van der Waals surface area contributed by atoms with Crippen LogP contribution in [0.4, 0.5) is 0 Å². The van der Waals surface area contributed by atoms with Crippen LogP contribution in [0.3, 0.4) is 0 Å². The van der Waals surface area contributed by atoms with Crippen LogP contribution < -0.4 is 10.5 Å². The Morgan fingerprint density at radius 1 is 1.12 bits per heavy atom. The zero-order chi connectivity index (χ0) is 12.3. The van der Waals surface area contributed by atoms with E-state index in [4.69, 9.17) is 10.5 Å². The average molecular weight is 236 g/mol. The summed E-state index contributed by atoms with van der Waals surface area (Å²) >= 11 is 0. The van der Waals surface area contributed by atoms with E-state index >= 15 is 0 Å². The maximum atomic E-state index is 6.27. The Labute approximate surface area is 102 Å². The number of nitrogens with two attached hydrogens (primary N) is 1. The number of hydrogen-bond acceptors (Lipinski definition) is 5. The first-order valence-corrected chi connectivity index (χ1v) is 6.19. The fourth-order valence-electron chi connectivity index (χ4n) is 2.11. The number of hydrogen-bond donors (Lipinski definition) is 1. The lowest BCUT2D eigenvalue weighted by molar-refractivity contribution is 0.162. The van der Waals surface area contributed by atoms with Crippen molar-refractivity contribution in [2.24, 2.45) is 5.73 Å². The summed E-state index contributed by atoms with van der Waals surface area (Å²) in [5.74, 6) is 0. The zero-order valence-electron chi connectivity index (χ0n) is 10.6. The SMILES string of the molecule is Cc1nnc(OCC2(N)CCCCC2)nc1C. The highest BCUT2D eigenvalue weighted by Gasteiger charge is 2.28. The standard InChI is InChI=1S/C12H20N4O/c1-9-10(2)15-16-11(14-9)17-8-12(13)6-4-3-5-7-12/h3-8,13H2,1-2H3. The van der Waals surface area contributed by atoms with E-state index in [2.05, 4.69) is 15.2 Å². The first-order chi connectivity index (χ1) is 8.09. The second-order valence-corrected chi connectivity index (χ2v) is 4.98. The molecule has 2 N–H and O–H groups in total. The molecule has 0 aromatic carbocycles. The van der Waals surface area contributed by atoms with Crippen LogP contribution in [-0.2, 0) is 0 Å². The van der Waals surface area contributed by atoms with E-state index in [0.29, 0.717) is 12.6 Å². The van der Waals surface area contributed by atoms with E-state index in [1.165, 1.54) is 19.3 Å². The Bertz CT molecular complexity index is 388. The minimum atomic E-state index is -0.208. The third kappa shape index (κ3) is 3.12. The Morgan fingerprint density at radius 3 is 2.47 bits per heavy atom. The first kappa shape index (κ1) is 12.2. The van der Waals surface area contributed by atoms with Crippen molar-refractivity contribution in [1.29, 1.82) is 0 Å². The first-order valence-electron chi connectivity index (χ1n) is 6.19. The van der Waals surface area contributed by atoms with E-state index < -0.39 is 0 Å². The van der Waals surface area contributed by atoms with Crippen molar-refractivity contribution in [2.75, 3.05) is 6.61 Å². The molecule has 0 bridgehead atoms. The van der Waals surface area contributed by atoms with Crippen molar-refractivity contribution in [3.63, 3.8) is 0 Å². The van der Waals surface area contributed by atoms with Crippen molar-refractivity contribution in [2.45, 2.75) is 51.5 Å². The van der Waals surface area contributed by atoms with Gasteiger partial charge in [0.1, 0.15) is 6.61 Å². The Kier molecular flexibility index (Phi) is 3.57. The molecule has 1 fully saturated rings. The molecule has 0 unspecified atom stereocenters. The van der Waals surface area contributed by atoms with Gasteiger partial charge >= 0.3 is 6.01 Å². The predicted molar refractivity (Wildman–Crippen MR) is 64.8 cm³/mol. The lowest BCUT2D eigenvalue weighted by Gasteiger charge is -2.32. The number of aromatic nitrogens is 3. The van der Waals surface area contributed by atoms with Gasteiger partial charge in [0.05, 0.1) is 16.9 Å². The summed E-state index contributed by atoms with van der Waals surface area (Å²) in [7, 11) is 0. The monoisotopic (exact) mass is 236 g/mol. The van der Waals surface area contributed by atoms with Crippen LogP contribution in [-0.4, -0.2) is 27.3 Å². The van der Waals surface area contributed by atoms with Crippen molar-refractivity contribution < 1.29 is 4.74 Å². The van der Waals surface area contributed by atoms with Crippen LogP contribution in [0.1, 0.15) is 43.5 Å². The molecule has 94 valence electrons. The average Bonchev–Trinajstić information content (AvgIpc) is 2.32. The molecule has 5 nitrogen and oxygen atoms in total. The molecular weight excluding hydrogens is 216 g/mol. The Balaban J connectivity index is 1.94. The van der Waals surface area contributed by atoms with Gasteiger partial charge in [-0.1, -0.05) is 24.4 Å². The zero-order valence-corrected chi connectivity index (χ0v) is 10.6. The summed E-state index contributed by atoms with van der Waals surface area (Å²) in [5, 5.41) is 7.90. The van der Waals surface area contributed by atoms with Gasteiger partial charge in [-0.25, -0.2) is 0 Å². The second-order valence-electron chi connectivity index (χ2n) is 4.98. The summed E-state index contributed by atoms with van der Waals surface area (Å²) in [6, 6.07) is 0.337. The highest BCUT2D eigenvalue weighted by atomic mass is 16.5. The van der Waals surface area contributed by atoms with E-state index in [-0.39, 0.29) is 5.54 Å². The number of aryl methyl sites for hydroxylation is 2. The Morgan fingerprint density at radius 2 is 1.82 bits per heavy atom. The van der Waals surface area contributed by atoms with Crippen molar-refractivity contribution in [3.05, 3.63) is 11.4 Å². The van der Waals surface area contributed by atoms with Crippen molar-refractivity contribution in [1.82, 2.24) is 15.2 Å². The van der Waals surface area contributed by atoms with Gasteiger partial charge in [-0.15, -0.1) is 5.10 Å². The summed E-state index contributed by atoms with van der Waals surface area (Å²) in [4.78, 5) is 4.24. The minimum Gasteiger partial charge on any atom is -0.460 e. The molecule has 0 saturated heterocycles. The maximum Gasteiger partial charge on any atom is 0.335 e. The van der Waals surface area contributed by atoms with E-state index in [1.54, 1.807) is 0 Å². The van der Waals surface area contributed by atoms with Gasteiger partial charge in [-0.2, -0.15) is 4.98 Å². The summed E-state index contributed by atoms with van der Waals surface area (Å²) in [6.07, 6.45) is 5.69. The van der Waals surface area contributed by atoms with Crippen molar-refractivity contribution >= 4 is 0 Å². The van der Waals surface area contributed by atoms with Crippen LogP contribution in [0.5, 0.6) is 6.01 Å². The summed E-state index contributed by atoms with van der Waals surface area (Å²) in [5.41, 5.74) is 7.75. The smallest absolute Gasteiger partial charge is 0.335 e. The molecular formula is C12H20N4O. The molecule has 0 aliphatic heterocycles. The molecule has 2 rings (SSSR count). The molecule has 5 heteroatoms. The van der Waals surface area contributed by atoms with Crippen LogP contribution in [0.25, 0.3) is 0 Å². The molecule has 0 amide bonds. The molecule has 1 aromatic rings. The van der Waals surface area contributed by atoms with Gasteiger partial charge in [-0.05, 0) is 26.7 Å². The van der Waals surface area contributed by atoms with Gasteiger partial charge in [0.2, 0.25) is 0 Å². The van der Waals surface area contributed by atoms with Crippen LogP contribution >= 0.6 is 0 Å². The topological polar surface area (TPSA) is 73.9 Å². The van der Waals surface area contributed by atoms with Gasteiger partial charge in [-0.3, -0.25) is 0 Å². The fourth-order valence-corrected chi connectivity index (χ4v) is 2.11. The number of rotatable bonds is 3. The molecule has 17 heavy (non-hydrogen) atoms. The van der Waals surface area contributed by atoms with Gasteiger partial charge in [0.25, 0.3) is 0 Å². The number of ether oxygens (including phenoxy) is 1. The van der Waals surface area contributed by atoms with E-state index in [1.807, 2.05) is 13.8 Å². The van der Waals surface area contributed by atoms with E-state index in [9.17, 15) is 0 Å². The second kappa shape index (κ2) is 4.96. The van der Waals surface area contributed by atoms with Crippen LogP contribution in [0.15, 0.2) is 0 Å². The lowest BCUT2D eigenvalue weighted by atomic mass is 9.83. The predicted octanol–water partition coefficient (Wildman–Crippen LogP) is 1.53. The molecule has 0 spiro atoms. The quantitative estimate of drug-likeness (QED) is 0.861. The third-order valence-electron chi connectivity index (χ3n) is 3.41. The molecule has 1 aliphatic rings. The highest BCUT2D eigenvalue weighted by Crippen LogP contribution is 2.26. The molecule has 0 radical (unpaired) electrons. The highest BCUT2D eigenvalue weighted by molar-refractivity contribution is 5.07.